The van der Waals surface area contributed by atoms with Gasteiger partial charge in [-0.2, -0.15) is 4.72 Å². The molecule has 0 heterocycles. The Balaban J connectivity index is 3.11. The summed E-state index contributed by atoms with van der Waals surface area (Å²) in [6.45, 7) is 3.46. The Labute approximate surface area is 122 Å². The number of rotatable bonds is 6. The minimum absolute atomic E-state index is 0.322. The summed E-state index contributed by atoms with van der Waals surface area (Å²) in [6, 6.07) is 1.09. The average molecular weight is 321 g/mol. The molecule has 0 spiro atoms. The average Bonchev–Trinajstić information content (AvgIpc) is 2.45. The summed E-state index contributed by atoms with van der Waals surface area (Å²) in [5.74, 6) is -3.50. The Hall–Kier alpha value is -1.54. The summed E-state index contributed by atoms with van der Waals surface area (Å²) < 4.78 is 57.0. The third kappa shape index (κ3) is 4.21. The van der Waals surface area contributed by atoms with E-state index in [-0.39, 0.29) is 5.92 Å². The van der Waals surface area contributed by atoms with Crippen LogP contribution in [0.3, 0.4) is 0 Å². The summed E-state index contributed by atoms with van der Waals surface area (Å²) in [5.41, 5.74) is 0. The van der Waals surface area contributed by atoms with Crippen LogP contribution in [-0.4, -0.2) is 27.5 Å². The molecule has 0 bridgehead atoms. The second-order valence-electron chi connectivity index (χ2n) is 4.58. The highest BCUT2D eigenvalue weighted by Crippen LogP contribution is 2.17. The molecule has 118 valence electrons. The predicted octanol–water partition coefficient (Wildman–Crippen LogP) is 1.83. The van der Waals surface area contributed by atoms with Gasteiger partial charge >= 0.3 is 5.97 Å². The van der Waals surface area contributed by atoms with Gasteiger partial charge in [0.1, 0.15) is 6.04 Å². The summed E-state index contributed by atoms with van der Waals surface area (Å²) in [7, 11) is -3.02. The third-order valence-electron chi connectivity index (χ3n) is 3.15. The first-order chi connectivity index (χ1) is 9.72. The van der Waals surface area contributed by atoms with Crippen LogP contribution in [0.2, 0.25) is 0 Å². The fraction of sp³-hybridized carbons (Fsp3) is 0.462. The Bertz CT molecular complexity index is 619. The Morgan fingerprint density at radius 2 is 1.95 bits per heavy atom. The molecule has 1 aromatic rings. The lowest BCUT2D eigenvalue weighted by atomic mass is 10.0. The zero-order chi connectivity index (χ0) is 16.2. The van der Waals surface area contributed by atoms with E-state index in [0.717, 1.165) is 13.2 Å². The van der Waals surface area contributed by atoms with Crippen molar-refractivity contribution in [3.05, 3.63) is 29.8 Å². The maximum atomic E-state index is 13.1. The molecule has 0 unspecified atom stereocenters. The Morgan fingerprint density at radius 3 is 2.43 bits per heavy atom. The summed E-state index contributed by atoms with van der Waals surface area (Å²) in [5, 5.41) is 0. The lowest BCUT2D eigenvalue weighted by molar-refractivity contribution is -0.143. The molecule has 0 saturated carbocycles. The van der Waals surface area contributed by atoms with Crippen molar-refractivity contribution in [3.8, 4) is 0 Å². The van der Waals surface area contributed by atoms with Crippen molar-refractivity contribution in [1.29, 1.82) is 0 Å². The molecule has 0 aliphatic rings. The molecular formula is C13H17F2NO4S. The van der Waals surface area contributed by atoms with E-state index in [4.69, 9.17) is 0 Å². The van der Waals surface area contributed by atoms with Crippen LogP contribution in [-0.2, 0) is 19.6 Å². The van der Waals surface area contributed by atoms with Gasteiger partial charge in [-0.05, 0) is 24.1 Å². The number of carbonyl (C=O) groups is 1. The van der Waals surface area contributed by atoms with Gasteiger partial charge in [-0.15, -0.1) is 0 Å². The van der Waals surface area contributed by atoms with Crippen LogP contribution in [0, 0.1) is 17.6 Å². The van der Waals surface area contributed by atoms with Crippen LogP contribution >= 0.6 is 0 Å². The molecule has 0 aliphatic heterocycles. The molecule has 0 aromatic heterocycles. The van der Waals surface area contributed by atoms with Crippen LogP contribution in [0.25, 0.3) is 0 Å². The Morgan fingerprint density at radius 1 is 1.33 bits per heavy atom. The zero-order valence-electron chi connectivity index (χ0n) is 11.9. The molecule has 0 amide bonds. The van der Waals surface area contributed by atoms with Crippen LogP contribution in [0.1, 0.15) is 20.3 Å². The molecule has 0 fully saturated rings. The minimum Gasteiger partial charge on any atom is -0.468 e. The molecule has 0 aliphatic carbocycles. The van der Waals surface area contributed by atoms with Crippen molar-refractivity contribution in [3.63, 3.8) is 0 Å². The van der Waals surface area contributed by atoms with Crippen LogP contribution < -0.4 is 4.72 Å². The number of hydrogen-bond donors (Lipinski definition) is 1. The standard InChI is InChI=1S/C13H17F2NO4S/c1-4-8(2)12(13(17)20-3)16-21(18,19)9-5-6-10(14)11(15)7-9/h5-8,12,16H,4H2,1-3H3/t8-,12+/m0/s1. The summed E-state index contributed by atoms with van der Waals surface area (Å²) in [6.07, 6.45) is 0.528. The smallest absolute Gasteiger partial charge is 0.324 e. The highest BCUT2D eigenvalue weighted by Gasteiger charge is 2.30. The van der Waals surface area contributed by atoms with Gasteiger partial charge in [0, 0.05) is 0 Å². The fourth-order valence-corrected chi connectivity index (χ4v) is 2.94. The number of methoxy groups -OCH3 is 1. The Kier molecular flexibility index (Phi) is 5.79. The number of sulfonamides is 1. The molecular weight excluding hydrogens is 304 g/mol. The van der Waals surface area contributed by atoms with E-state index in [0.29, 0.717) is 18.6 Å². The van der Waals surface area contributed by atoms with E-state index >= 15 is 0 Å². The van der Waals surface area contributed by atoms with Crippen molar-refractivity contribution < 1.29 is 26.7 Å². The van der Waals surface area contributed by atoms with Crippen molar-refractivity contribution in [1.82, 2.24) is 4.72 Å². The second kappa shape index (κ2) is 6.95. The zero-order valence-corrected chi connectivity index (χ0v) is 12.7. The molecule has 1 N–H and O–H groups in total. The molecule has 8 heteroatoms. The molecule has 21 heavy (non-hydrogen) atoms. The monoisotopic (exact) mass is 321 g/mol. The largest absolute Gasteiger partial charge is 0.468 e. The number of hydrogen-bond acceptors (Lipinski definition) is 4. The lowest BCUT2D eigenvalue weighted by Crippen LogP contribution is -2.45. The van der Waals surface area contributed by atoms with Gasteiger partial charge in [0.2, 0.25) is 10.0 Å². The maximum Gasteiger partial charge on any atom is 0.324 e. The molecule has 0 saturated heterocycles. The number of esters is 1. The van der Waals surface area contributed by atoms with E-state index in [9.17, 15) is 22.0 Å². The van der Waals surface area contributed by atoms with Gasteiger partial charge in [-0.25, -0.2) is 17.2 Å². The van der Waals surface area contributed by atoms with Crippen molar-refractivity contribution in [2.24, 2.45) is 5.92 Å². The van der Waals surface area contributed by atoms with Crippen molar-refractivity contribution >= 4 is 16.0 Å². The first-order valence-electron chi connectivity index (χ1n) is 6.28. The van der Waals surface area contributed by atoms with Gasteiger partial charge in [0.15, 0.2) is 11.6 Å². The number of halogens is 2. The summed E-state index contributed by atoms with van der Waals surface area (Å²) >= 11 is 0. The number of ether oxygens (including phenoxy) is 1. The van der Waals surface area contributed by atoms with E-state index < -0.39 is 38.6 Å². The number of carbonyl (C=O) groups excluding carboxylic acids is 1. The maximum absolute atomic E-state index is 13.1. The minimum atomic E-state index is -4.17. The number of nitrogens with one attached hydrogen (secondary N) is 1. The van der Waals surface area contributed by atoms with Gasteiger partial charge in [0.25, 0.3) is 0 Å². The van der Waals surface area contributed by atoms with Crippen LogP contribution in [0.5, 0.6) is 0 Å². The molecule has 0 radical (unpaired) electrons. The van der Waals surface area contributed by atoms with E-state index in [2.05, 4.69) is 9.46 Å². The third-order valence-corrected chi connectivity index (χ3v) is 4.59. The molecule has 5 nitrogen and oxygen atoms in total. The normalized spacial score (nSPS) is 14.5. The van der Waals surface area contributed by atoms with Crippen LogP contribution in [0.4, 0.5) is 8.78 Å². The first-order valence-corrected chi connectivity index (χ1v) is 7.76. The predicted molar refractivity (Wildman–Crippen MR) is 71.9 cm³/mol. The summed E-state index contributed by atoms with van der Waals surface area (Å²) in [4.78, 5) is 11.2. The van der Waals surface area contributed by atoms with Crippen molar-refractivity contribution in [2.75, 3.05) is 7.11 Å². The van der Waals surface area contributed by atoms with Crippen molar-refractivity contribution in [2.45, 2.75) is 31.2 Å². The second-order valence-corrected chi connectivity index (χ2v) is 6.30. The first kappa shape index (κ1) is 17.5. The van der Waals surface area contributed by atoms with Gasteiger partial charge < -0.3 is 4.74 Å². The lowest BCUT2D eigenvalue weighted by Gasteiger charge is -2.21. The molecule has 2 atom stereocenters. The topological polar surface area (TPSA) is 72.5 Å². The van der Waals surface area contributed by atoms with Gasteiger partial charge in [0.05, 0.1) is 12.0 Å². The van der Waals surface area contributed by atoms with E-state index in [1.165, 1.54) is 0 Å². The fourth-order valence-electron chi connectivity index (χ4n) is 1.64. The highest BCUT2D eigenvalue weighted by molar-refractivity contribution is 7.89. The number of benzene rings is 1. The highest BCUT2D eigenvalue weighted by atomic mass is 32.2. The van der Waals surface area contributed by atoms with Gasteiger partial charge in [-0.3, -0.25) is 4.79 Å². The SMILES string of the molecule is CC[C@H](C)[C@@H](NS(=O)(=O)c1ccc(F)c(F)c1)C(=O)OC. The van der Waals surface area contributed by atoms with E-state index in [1.54, 1.807) is 13.8 Å². The quantitative estimate of drug-likeness (QED) is 0.811. The van der Waals surface area contributed by atoms with E-state index in [1.807, 2.05) is 0 Å². The molecule has 1 aromatic carbocycles. The molecule has 1 rings (SSSR count). The van der Waals surface area contributed by atoms with Gasteiger partial charge in [-0.1, -0.05) is 20.3 Å². The van der Waals surface area contributed by atoms with Crippen LogP contribution in [0.15, 0.2) is 23.1 Å².